The maximum Gasteiger partial charge on any atom is 0.290 e. The highest BCUT2D eigenvalue weighted by atomic mass is 79.9. The van der Waals surface area contributed by atoms with Gasteiger partial charge in [0.05, 0.1) is 11.3 Å². The van der Waals surface area contributed by atoms with E-state index in [1.54, 1.807) is 6.92 Å². The van der Waals surface area contributed by atoms with Crippen molar-refractivity contribution >= 4 is 33.3 Å². The Morgan fingerprint density at radius 2 is 2.05 bits per heavy atom. The molecule has 21 heavy (non-hydrogen) atoms. The minimum absolute atomic E-state index is 0.0686. The number of hydrogen-bond donors (Lipinski definition) is 1. The van der Waals surface area contributed by atoms with Crippen LogP contribution in [-0.4, -0.2) is 15.8 Å². The van der Waals surface area contributed by atoms with E-state index in [2.05, 4.69) is 26.2 Å². The summed E-state index contributed by atoms with van der Waals surface area (Å²) in [5, 5.41) is 13.3. The lowest BCUT2D eigenvalue weighted by Gasteiger charge is -2.05. The van der Waals surface area contributed by atoms with Gasteiger partial charge in [-0.1, -0.05) is 28.1 Å². The Kier molecular flexibility index (Phi) is 4.64. The third-order valence-electron chi connectivity index (χ3n) is 2.83. The summed E-state index contributed by atoms with van der Waals surface area (Å²) in [7, 11) is 0. The van der Waals surface area contributed by atoms with Crippen LogP contribution in [0.5, 0.6) is 0 Å². The number of nitrogens with zero attached hydrogens (tertiary/aromatic N) is 2. The largest absolute Gasteiger partial charge is 0.310 e. The van der Waals surface area contributed by atoms with Gasteiger partial charge in [-0.15, -0.1) is 0 Å². The summed E-state index contributed by atoms with van der Waals surface area (Å²) in [5.74, 6) is 0.0817. The predicted molar refractivity (Wildman–Crippen MR) is 82.1 cm³/mol. The van der Waals surface area contributed by atoms with Crippen molar-refractivity contribution in [3.8, 4) is 0 Å². The molecule has 0 radical (unpaired) electrons. The lowest BCUT2D eigenvalue weighted by molar-refractivity contribution is -0.385. The number of aromatic nitrogens is 1. The Balaban J connectivity index is 2.04. The molecule has 0 unspecified atom stereocenters. The molecule has 0 atom stereocenters. The SMILES string of the molecule is Cc1cc(NC(=O)Cc2ccc(Br)cc2)ncc1[N+](=O)[O-]. The number of carbonyl (C=O) groups excluding carboxylic acids is 1. The van der Waals surface area contributed by atoms with Crippen molar-refractivity contribution in [2.75, 3.05) is 5.32 Å². The number of benzene rings is 1. The van der Waals surface area contributed by atoms with Crippen LogP contribution in [0.15, 0.2) is 41.0 Å². The van der Waals surface area contributed by atoms with Crippen LogP contribution in [0.4, 0.5) is 11.5 Å². The molecule has 2 aromatic rings. The molecule has 0 bridgehead atoms. The molecule has 0 saturated heterocycles. The molecular weight excluding hydrogens is 338 g/mol. The molecule has 1 N–H and O–H groups in total. The van der Waals surface area contributed by atoms with Crippen LogP contribution in [-0.2, 0) is 11.2 Å². The second-order valence-electron chi connectivity index (χ2n) is 4.46. The molecule has 1 aromatic heterocycles. The smallest absolute Gasteiger partial charge is 0.290 e. The predicted octanol–water partition coefficient (Wildman–Crippen LogP) is 3.24. The molecule has 0 spiro atoms. The molecule has 0 aliphatic carbocycles. The number of hydrogen-bond acceptors (Lipinski definition) is 4. The summed E-state index contributed by atoms with van der Waals surface area (Å²) in [6, 6.07) is 8.89. The van der Waals surface area contributed by atoms with E-state index in [-0.39, 0.29) is 18.0 Å². The fourth-order valence-corrected chi connectivity index (χ4v) is 2.05. The Morgan fingerprint density at radius 1 is 1.38 bits per heavy atom. The van der Waals surface area contributed by atoms with Crippen molar-refractivity contribution < 1.29 is 9.72 Å². The molecule has 1 amide bonds. The van der Waals surface area contributed by atoms with Crippen molar-refractivity contribution in [2.24, 2.45) is 0 Å². The lowest BCUT2D eigenvalue weighted by Crippen LogP contribution is -2.15. The van der Waals surface area contributed by atoms with Gasteiger partial charge in [0.1, 0.15) is 12.0 Å². The number of pyridine rings is 1. The van der Waals surface area contributed by atoms with Gasteiger partial charge in [0.25, 0.3) is 5.69 Å². The maximum atomic E-state index is 11.9. The quantitative estimate of drug-likeness (QED) is 0.678. The van der Waals surface area contributed by atoms with Crippen LogP contribution < -0.4 is 5.32 Å². The van der Waals surface area contributed by atoms with Crippen molar-refractivity contribution in [3.05, 3.63) is 62.2 Å². The molecule has 1 heterocycles. The highest BCUT2D eigenvalue weighted by Gasteiger charge is 2.12. The molecule has 0 aliphatic heterocycles. The van der Waals surface area contributed by atoms with E-state index < -0.39 is 4.92 Å². The van der Waals surface area contributed by atoms with Crippen molar-refractivity contribution in [2.45, 2.75) is 13.3 Å². The third-order valence-corrected chi connectivity index (χ3v) is 3.35. The number of carbonyl (C=O) groups is 1. The van der Waals surface area contributed by atoms with Crippen LogP contribution in [0.3, 0.4) is 0 Å². The number of aryl methyl sites for hydroxylation is 1. The van der Waals surface area contributed by atoms with Gasteiger partial charge in [0.15, 0.2) is 0 Å². The second-order valence-corrected chi connectivity index (χ2v) is 5.38. The molecule has 108 valence electrons. The third kappa shape index (κ3) is 4.09. The summed E-state index contributed by atoms with van der Waals surface area (Å²) in [4.78, 5) is 26.0. The zero-order valence-electron chi connectivity index (χ0n) is 11.2. The van der Waals surface area contributed by atoms with Gasteiger partial charge < -0.3 is 5.32 Å². The zero-order chi connectivity index (χ0) is 15.4. The lowest BCUT2D eigenvalue weighted by atomic mass is 10.1. The topological polar surface area (TPSA) is 85.1 Å². The summed E-state index contributed by atoms with van der Waals surface area (Å²) < 4.78 is 0.944. The molecule has 7 heteroatoms. The number of nitro groups is 1. The van der Waals surface area contributed by atoms with Gasteiger partial charge in [-0.25, -0.2) is 4.98 Å². The molecule has 0 saturated carbocycles. The van der Waals surface area contributed by atoms with E-state index in [9.17, 15) is 14.9 Å². The first-order chi connectivity index (χ1) is 9.95. The van der Waals surface area contributed by atoms with Crippen LogP contribution in [0, 0.1) is 17.0 Å². The van der Waals surface area contributed by atoms with Gasteiger partial charge in [-0.3, -0.25) is 14.9 Å². The van der Waals surface area contributed by atoms with Gasteiger partial charge in [-0.05, 0) is 30.7 Å². The first-order valence-corrected chi connectivity index (χ1v) is 6.90. The zero-order valence-corrected chi connectivity index (χ0v) is 12.8. The van der Waals surface area contributed by atoms with E-state index in [1.165, 1.54) is 6.07 Å². The maximum absolute atomic E-state index is 11.9. The summed E-state index contributed by atoms with van der Waals surface area (Å²) in [6.45, 7) is 1.60. The van der Waals surface area contributed by atoms with Gasteiger partial charge >= 0.3 is 0 Å². The minimum Gasteiger partial charge on any atom is -0.310 e. The molecule has 2 rings (SSSR count). The minimum atomic E-state index is -0.504. The van der Waals surface area contributed by atoms with Crippen LogP contribution in [0.1, 0.15) is 11.1 Å². The number of rotatable bonds is 4. The number of anilines is 1. The molecule has 0 fully saturated rings. The van der Waals surface area contributed by atoms with Gasteiger partial charge in [0.2, 0.25) is 5.91 Å². The number of halogens is 1. The van der Waals surface area contributed by atoms with Crippen LogP contribution >= 0.6 is 15.9 Å². The molecule has 1 aromatic carbocycles. The Morgan fingerprint density at radius 3 is 2.62 bits per heavy atom. The van der Waals surface area contributed by atoms with Crippen LogP contribution in [0.25, 0.3) is 0 Å². The second kappa shape index (κ2) is 6.45. The van der Waals surface area contributed by atoms with Crippen molar-refractivity contribution in [1.82, 2.24) is 4.98 Å². The first kappa shape index (κ1) is 15.1. The summed E-state index contributed by atoms with van der Waals surface area (Å²) in [5.41, 5.74) is 1.25. The molecular formula is C14H12BrN3O3. The van der Waals surface area contributed by atoms with E-state index in [0.29, 0.717) is 11.4 Å². The summed E-state index contributed by atoms with van der Waals surface area (Å²) >= 11 is 3.33. The standard InChI is InChI=1S/C14H12BrN3O3/c1-9-6-13(16-8-12(9)18(20)21)17-14(19)7-10-2-4-11(15)5-3-10/h2-6,8H,7H2,1H3,(H,16,17,19). The Hall–Kier alpha value is -2.28. The first-order valence-electron chi connectivity index (χ1n) is 6.11. The fraction of sp³-hybridized carbons (Fsp3) is 0.143. The monoisotopic (exact) mass is 349 g/mol. The Bertz CT molecular complexity index is 686. The Labute approximate surface area is 129 Å². The van der Waals surface area contributed by atoms with E-state index in [0.717, 1.165) is 16.2 Å². The number of amides is 1. The fourth-order valence-electron chi connectivity index (χ4n) is 1.78. The van der Waals surface area contributed by atoms with Crippen molar-refractivity contribution in [1.29, 1.82) is 0 Å². The van der Waals surface area contributed by atoms with Crippen molar-refractivity contribution in [3.63, 3.8) is 0 Å². The van der Waals surface area contributed by atoms with E-state index >= 15 is 0 Å². The van der Waals surface area contributed by atoms with E-state index in [4.69, 9.17) is 0 Å². The normalized spacial score (nSPS) is 10.2. The molecule has 6 nitrogen and oxygen atoms in total. The summed E-state index contributed by atoms with van der Waals surface area (Å²) in [6.07, 6.45) is 1.36. The van der Waals surface area contributed by atoms with E-state index in [1.807, 2.05) is 24.3 Å². The van der Waals surface area contributed by atoms with Gasteiger partial charge in [0, 0.05) is 10.0 Å². The average Bonchev–Trinajstić information content (AvgIpc) is 2.41. The average molecular weight is 350 g/mol. The number of nitrogens with one attached hydrogen (secondary N) is 1. The molecule has 0 aliphatic rings. The van der Waals surface area contributed by atoms with Crippen LogP contribution in [0.2, 0.25) is 0 Å². The highest BCUT2D eigenvalue weighted by Crippen LogP contribution is 2.19. The van der Waals surface area contributed by atoms with Gasteiger partial charge in [-0.2, -0.15) is 0 Å². The highest BCUT2D eigenvalue weighted by molar-refractivity contribution is 9.10.